The Morgan fingerprint density at radius 3 is 2.50 bits per heavy atom. The van der Waals surface area contributed by atoms with Gasteiger partial charge in [-0.1, -0.05) is 11.6 Å². The van der Waals surface area contributed by atoms with Crippen LogP contribution in [0, 0.1) is 0 Å². The predicted molar refractivity (Wildman–Crippen MR) is 89.4 cm³/mol. The SMILES string of the molecule is COc1cc(N2N=C(c3ccc(C(F)(F)F)cc3)OC2C=O)ccc1Cl. The highest BCUT2D eigenvalue weighted by molar-refractivity contribution is 6.32. The molecule has 2 aromatic rings. The van der Waals surface area contributed by atoms with Crippen molar-refractivity contribution in [3.05, 3.63) is 58.6 Å². The smallest absolute Gasteiger partial charge is 0.416 e. The number of hydrogen-bond donors (Lipinski definition) is 0. The first kappa shape index (κ1) is 18.1. The van der Waals surface area contributed by atoms with Crippen LogP contribution in [0.25, 0.3) is 0 Å². The number of carbonyl (C=O) groups is 1. The molecule has 0 saturated heterocycles. The van der Waals surface area contributed by atoms with Crippen LogP contribution in [0.1, 0.15) is 11.1 Å². The standard InChI is InChI=1S/C17H12ClF3N2O3/c1-25-14-8-12(6-7-13(14)18)23-15(9-24)26-16(22-23)10-2-4-11(5-3-10)17(19,20)21/h2-9,15H,1H3. The van der Waals surface area contributed by atoms with Gasteiger partial charge in [0.15, 0.2) is 6.29 Å². The highest BCUT2D eigenvalue weighted by atomic mass is 35.5. The molecule has 1 unspecified atom stereocenters. The largest absolute Gasteiger partial charge is 0.495 e. The number of nitrogens with zero attached hydrogens (tertiary/aromatic N) is 2. The Hall–Kier alpha value is -2.74. The maximum absolute atomic E-state index is 12.7. The molecule has 136 valence electrons. The number of alkyl halides is 3. The monoisotopic (exact) mass is 384 g/mol. The number of rotatable bonds is 4. The van der Waals surface area contributed by atoms with Gasteiger partial charge in [0.1, 0.15) is 5.75 Å². The molecule has 1 aliphatic rings. The van der Waals surface area contributed by atoms with Crippen molar-refractivity contribution in [2.45, 2.75) is 12.4 Å². The van der Waals surface area contributed by atoms with E-state index in [-0.39, 0.29) is 5.90 Å². The number of benzene rings is 2. The molecule has 26 heavy (non-hydrogen) atoms. The summed E-state index contributed by atoms with van der Waals surface area (Å²) in [6.07, 6.45) is -4.96. The summed E-state index contributed by atoms with van der Waals surface area (Å²) in [6, 6.07) is 9.07. The van der Waals surface area contributed by atoms with Crippen LogP contribution in [-0.2, 0) is 15.7 Å². The van der Waals surface area contributed by atoms with Crippen LogP contribution in [0.4, 0.5) is 18.9 Å². The molecule has 1 heterocycles. The first-order valence-electron chi connectivity index (χ1n) is 7.34. The predicted octanol–water partition coefficient (Wildman–Crippen LogP) is 4.09. The molecule has 0 amide bonds. The normalized spacial score (nSPS) is 16.9. The highest BCUT2D eigenvalue weighted by Gasteiger charge is 2.32. The lowest BCUT2D eigenvalue weighted by Crippen LogP contribution is -2.29. The van der Waals surface area contributed by atoms with Gasteiger partial charge in [0.2, 0.25) is 12.1 Å². The number of aldehydes is 1. The van der Waals surface area contributed by atoms with Gasteiger partial charge in [-0.25, -0.2) is 5.01 Å². The summed E-state index contributed by atoms with van der Waals surface area (Å²) in [4.78, 5) is 11.3. The van der Waals surface area contributed by atoms with Gasteiger partial charge in [-0.05, 0) is 36.4 Å². The Bertz CT molecular complexity index is 853. The number of hydrazone groups is 1. The summed E-state index contributed by atoms with van der Waals surface area (Å²) in [5, 5.41) is 5.87. The van der Waals surface area contributed by atoms with Crippen LogP contribution in [0.2, 0.25) is 5.02 Å². The van der Waals surface area contributed by atoms with E-state index in [2.05, 4.69) is 5.10 Å². The second-order valence-corrected chi connectivity index (χ2v) is 5.70. The fourth-order valence-electron chi connectivity index (χ4n) is 2.35. The fraction of sp³-hybridized carbons (Fsp3) is 0.176. The minimum atomic E-state index is -4.44. The molecule has 9 heteroatoms. The van der Waals surface area contributed by atoms with E-state index in [0.29, 0.717) is 28.3 Å². The molecular weight excluding hydrogens is 373 g/mol. The minimum Gasteiger partial charge on any atom is -0.495 e. The van der Waals surface area contributed by atoms with Crippen molar-refractivity contribution in [1.82, 2.24) is 0 Å². The summed E-state index contributed by atoms with van der Waals surface area (Å²) in [6.45, 7) is 0. The lowest BCUT2D eigenvalue weighted by Gasteiger charge is -2.18. The van der Waals surface area contributed by atoms with Gasteiger partial charge in [0.25, 0.3) is 0 Å². The van der Waals surface area contributed by atoms with Crippen LogP contribution >= 0.6 is 11.6 Å². The summed E-state index contributed by atoms with van der Waals surface area (Å²) < 4.78 is 48.6. The molecule has 0 fully saturated rings. The fourth-order valence-corrected chi connectivity index (χ4v) is 2.55. The van der Waals surface area contributed by atoms with Gasteiger partial charge in [-0.3, -0.25) is 4.79 Å². The molecular formula is C17H12ClF3N2O3. The summed E-state index contributed by atoms with van der Waals surface area (Å²) in [7, 11) is 1.44. The number of halogens is 4. The van der Waals surface area contributed by atoms with E-state index in [1.165, 1.54) is 24.3 Å². The van der Waals surface area contributed by atoms with Crippen molar-refractivity contribution in [2.75, 3.05) is 12.1 Å². The topological polar surface area (TPSA) is 51.1 Å². The molecule has 0 spiro atoms. The quantitative estimate of drug-likeness (QED) is 0.745. The highest BCUT2D eigenvalue weighted by Crippen LogP contribution is 2.33. The molecule has 5 nitrogen and oxygen atoms in total. The molecule has 0 aromatic heterocycles. The maximum Gasteiger partial charge on any atom is 0.416 e. The minimum absolute atomic E-state index is 0.0322. The first-order valence-corrected chi connectivity index (χ1v) is 7.72. The number of ether oxygens (including phenoxy) is 2. The number of methoxy groups -OCH3 is 1. The van der Waals surface area contributed by atoms with Gasteiger partial charge in [-0.15, -0.1) is 5.10 Å². The molecule has 0 bridgehead atoms. The van der Waals surface area contributed by atoms with Crippen molar-refractivity contribution in [3.8, 4) is 5.75 Å². The van der Waals surface area contributed by atoms with Gasteiger partial charge in [0.05, 0.1) is 23.4 Å². The van der Waals surface area contributed by atoms with Crippen LogP contribution in [-0.4, -0.2) is 25.5 Å². The Kier molecular flexibility index (Phi) is 4.78. The van der Waals surface area contributed by atoms with Gasteiger partial charge in [-0.2, -0.15) is 13.2 Å². The number of hydrogen-bond acceptors (Lipinski definition) is 5. The Balaban J connectivity index is 1.93. The molecule has 2 aromatic carbocycles. The Morgan fingerprint density at radius 2 is 1.92 bits per heavy atom. The van der Waals surface area contributed by atoms with E-state index in [1.807, 2.05) is 0 Å². The number of carbonyl (C=O) groups excluding carboxylic acids is 1. The second kappa shape index (κ2) is 6.87. The maximum atomic E-state index is 12.7. The van der Waals surface area contributed by atoms with E-state index in [0.717, 1.165) is 12.1 Å². The third-order valence-corrected chi connectivity index (χ3v) is 3.96. The lowest BCUT2D eigenvalue weighted by molar-refractivity contribution is -0.137. The average Bonchev–Trinajstić information content (AvgIpc) is 3.06. The van der Waals surface area contributed by atoms with Gasteiger partial charge in [0, 0.05) is 11.6 Å². The van der Waals surface area contributed by atoms with Crippen LogP contribution in [0.15, 0.2) is 47.6 Å². The van der Waals surface area contributed by atoms with Crippen molar-refractivity contribution >= 4 is 29.5 Å². The average molecular weight is 385 g/mol. The van der Waals surface area contributed by atoms with Crippen LogP contribution in [0.3, 0.4) is 0 Å². The number of anilines is 1. The third kappa shape index (κ3) is 3.45. The third-order valence-electron chi connectivity index (χ3n) is 3.65. The molecule has 0 saturated carbocycles. The molecule has 0 aliphatic carbocycles. The van der Waals surface area contributed by atoms with E-state index in [4.69, 9.17) is 21.1 Å². The van der Waals surface area contributed by atoms with E-state index >= 15 is 0 Å². The van der Waals surface area contributed by atoms with E-state index in [9.17, 15) is 18.0 Å². The molecule has 1 atom stereocenters. The van der Waals surface area contributed by atoms with Crippen LogP contribution < -0.4 is 9.75 Å². The van der Waals surface area contributed by atoms with E-state index < -0.39 is 18.0 Å². The zero-order chi connectivity index (χ0) is 18.9. The van der Waals surface area contributed by atoms with Gasteiger partial charge >= 0.3 is 6.18 Å². The second-order valence-electron chi connectivity index (χ2n) is 5.29. The van der Waals surface area contributed by atoms with Crippen molar-refractivity contribution < 1.29 is 27.4 Å². The van der Waals surface area contributed by atoms with Crippen molar-refractivity contribution in [3.63, 3.8) is 0 Å². The zero-order valence-corrected chi connectivity index (χ0v) is 14.1. The Morgan fingerprint density at radius 1 is 1.23 bits per heavy atom. The Labute approximate surface area is 151 Å². The summed E-state index contributed by atoms with van der Waals surface area (Å²) in [5.74, 6) is 0.414. The zero-order valence-electron chi connectivity index (χ0n) is 13.3. The summed E-state index contributed by atoms with van der Waals surface area (Å²) >= 11 is 5.98. The van der Waals surface area contributed by atoms with Crippen molar-refractivity contribution in [1.29, 1.82) is 0 Å². The first-order chi connectivity index (χ1) is 12.3. The molecule has 1 aliphatic heterocycles. The van der Waals surface area contributed by atoms with Crippen molar-refractivity contribution in [2.24, 2.45) is 5.10 Å². The molecule has 0 N–H and O–H groups in total. The van der Waals surface area contributed by atoms with E-state index in [1.54, 1.807) is 18.2 Å². The molecule has 3 rings (SSSR count). The molecule has 0 radical (unpaired) electrons. The summed E-state index contributed by atoms with van der Waals surface area (Å²) in [5.41, 5.74) is 0.00428. The van der Waals surface area contributed by atoms with Crippen LogP contribution in [0.5, 0.6) is 5.75 Å². The lowest BCUT2D eigenvalue weighted by atomic mass is 10.1. The van der Waals surface area contributed by atoms with Gasteiger partial charge < -0.3 is 9.47 Å².